The molecule has 0 unspecified atom stereocenters. The van der Waals surface area contributed by atoms with Crippen molar-refractivity contribution in [3.8, 4) is 5.88 Å². The van der Waals surface area contributed by atoms with Crippen LogP contribution in [-0.2, 0) is 13.6 Å². The molecule has 0 bridgehead atoms. The van der Waals surface area contributed by atoms with E-state index in [0.29, 0.717) is 12.0 Å². The van der Waals surface area contributed by atoms with E-state index in [4.69, 9.17) is 4.74 Å². The number of rotatable bonds is 6. The molecule has 1 atom stereocenters. The molecule has 0 amide bonds. The quantitative estimate of drug-likeness (QED) is 0.865. The number of methoxy groups -OCH3 is 1. The molecular formula is C18H28N6O. The minimum Gasteiger partial charge on any atom is -0.481 e. The summed E-state index contributed by atoms with van der Waals surface area (Å²) >= 11 is 0. The fourth-order valence-electron chi connectivity index (χ4n) is 3.48. The number of nitrogens with zero attached hydrogens (tertiary/aromatic N) is 5. The van der Waals surface area contributed by atoms with E-state index in [1.807, 2.05) is 17.8 Å². The minimum atomic E-state index is 0.368. The second-order valence-corrected chi connectivity index (χ2v) is 6.87. The Morgan fingerprint density at radius 2 is 2.08 bits per heavy atom. The summed E-state index contributed by atoms with van der Waals surface area (Å²) in [4.78, 5) is 11.0. The molecule has 0 saturated carbocycles. The smallest absolute Gasteiger partial charge is 0.225 e. The molecule has 0 aromatic carbocycles. The van der Waals surface area contributed by atoms with Gasteiger partial charge >= 0.3 is 0 Å². The number of aromatic nitrogens is 4. The molecule has 1 aliphatic rings. The predicted octanol–water partition coefficient (Wildman–Crippen LogP) is 2.10. The molecule has 136 valence electrons. The molecule has 0 aliphatic carbocycles. The first-order valence-electron chi connectivity index (χ1n) is 8.95. The molecular weight excluding hydrogens is 316 g/mol. The highest BCUT2D eigenvalue weighted by Gasteiger charge is 2.24. The molecule has 7 nitrogen and oxygen atoms in total. The van der Waals surface area contributed by atoms with Crippen LogP contribution < -0.4 is 15.0 Å². The second kappa shape index (κ2) is 7.82. The molecule has 2 aromatic heterocycles. The lowest BCUT2D eigenvalue weighted by Crippen LogP contribution is -2.46. The van der Waals surface area contributed by atoms with Crippen molar-refractivity contribution >= 4 is 5.95 Å². The first kappa shape index (κ1) is 17.7. The molecule has 1 fully saturated rings. The van der Waals surface area contributed by atoms with Crippen molar-refractivity contribution < 1.29 is 4.74 Å². The van der Waals surface area contributed by atoms with Crippen LogP contribution in [0.4, 0.5) is 5.95 Å². The number of ether oxygens (including phenoxy) is 1. The van der Waals surface area contributed by atoms with Gasteiger partial charge in [-0.15, -0.1) is 0 Å². The first-order valence-corrected chi connectivity index (χ1v) is 8.95. The van der Waals surface area contributed by atoms with Crippen LogP contribution in [-0.4, -0.2) is 46.0 Å². The summed E-state index contributed by atoms with van der Waals surface area (Å²) < 4.78 is 7.40. The Bertz CT molecular complexity index is 684. The van der Waals surface area contributed by atoms with E-state index in [1.54, 1.807) is 19.5 Å². The third-order valence-electron chi connectivity index (χ3n) is 4.68. The van der Waals surface area contributed by atoms with Gasteiger partial charge in [0.05, 0.1) is 18.4 Å². The lowest BCUT2D eigenvalue weighted by atomic mass is 10.0. The van der Waals surface area contributed by atoms with Crippen molar-refractivity contribution in [3.05, 3.63) is 29.7 Å². The van der Waals surface area contributed by atoms with Crippen LogP contribution >= 0.6 is 0 Å². The third kappa shape index (κ3) is 3.92. The summed E-state index contributed by atoms with van der Waals surface area (Å²) in [6.45, 7) is 7.03. The number of hydrogen-bond acceptors (Lipinski definition) is 6. The van der Waals surface area contributed by atoms with E-state index in [2.05, 4.69) is 39.1 Å². The van der Waals surface area contributed by atoms with E-state index in [1.165, 1.54) is 0 Å². The largest absolute Gasteiger partial charge is 0.481 e. The summed E-state index contributed by atoms with van der Waals surface area (Å²) in [5.41, 5.74) is 2.26. The summed E-state index contributed by atoms with van der Waals surface area (Å²) in [5.74, 6) is 2.03. The molecule has 7 heteroatoms. The number of anilines is 1. The van der Waals surface area contributed by atoms with Crippen molar-refractivity contribution in [2.24, 2.45) is 7.05 Å². The van der Waals surface area contributed by atoms with Gasteiger partial charge in [0.25, 0.3) is 0 Å². The van der Waals surface area contributed by atoms with Crippen LogP contribution in [0.1, 0.15) is 43.9 Å². The van der Waals surface area contributed by atoms with E-state index >= 15 is 0 Å². The highest BCUT2D eigenvalue weighted by atomic mass is 16.5. The zero-order valence-corrected chi connectivity index (χ0v) is 15.6. The zero-order chi connectivity index (χ0) is 17.8. The molecule has 0 radical (unpaired) electrons. The Kier molecular flexibility index (Phi) is 5.53. The van der Waals surface area contributed by atoms with Gasteiger partial charge in [-0.25, -0.2) is 14.6 Å². The average molecular weight is 344 g/mol. The molecule has 1 aliphatic heterocycles. The monoisotopic (exact) mass is 344 g/mol. The normalized spacial score (nSPS) is 18.0. The van der Waals surface area contributed by atoms with Crippen LogP contribution in [0, 0.1) is 0 Å². The summed E-state index contributed by atoms with van der Waals surface area (Å²) in [7, 11) is 3.64. The van der Waals surface area contributed by atoms with Crippen LogP contribution in [0.3, 0.4) is 0 Å². The van der Waals surface area contributed by atoms with Gasteiger partial charge in [-0.05, 0) is 24.8 Å². The highest BCUT2D eigenvalue weighted by molar-refractivity contribution is 5.34. The van der Waals surface area contributed by atoms with E-state index in [9.17, 15) is 0 Å². The van der Waals surface area contributed by atoms with Gasteiger partial charge in [0.2, 0.25) is 11.8 Å². The lowest BCUT2D eigenvalue weighted by molar-refractivity contribution is 0.363. The van der Waals surface area contributed by atoms with Crippen molar-refractivity contribution in [3.63, 3.8) is 0 Å². The van der Waals surface area contributed by atoms with E-state index < -0.39 is 0 Å². The van der Waals surface area contributed by atoms with Gasteiger partial charge in [-0.3, -0.25) is 0 Å². The van der Waals surface area contributed by atoms with Gasteiger partial charge < -0.3 is 15.0 Å². The van der Waals surface area contributed by atoms with Crippen LogP contribution in [0.5, 0.6) is 5.88 Å². The summed E-state index contributed by atoms with van der Waals surface area (Å²) in [6, 6.07) is 2.26. The van der Waals surface area contributed by atoms with Gasteiger partial charge in [0.1, 0.15) is 0 Å². The maximum Gasteiger partial charge on any atom is 0.225 e. The molecule has 3 rings (SSSR count). The predicted molar refractivity (Wildman–Crippen MR) is 98.0 cm³/mol. The van der Waals surface area contributed by atoms with Gasteiger partial charge in [0.15, 0.2) is 0 Å². The molecule has 1 saturated heterocycles. The summed E-state index contributed by atoms with van der Waals surface area (Å²) in [5, 5.41) is 8.32. The molecule has 3 heterocycles. The lowest BCUT2D eigenvalue weighted by Gasteiger charge is -2.33. The topological polar surface area (TPSA) is 68.1 Å². The van der Waals surface area contributed by atoms with Crippen molar-refractivity contribution in [1.82, 2.24) is 25.1 Å². The maximum absolute atomic E-state index is 5.57. The van der Waals surface area contributed by atoms with Crippen molar-refractivity contribution in [2.75, 3.05) is 25.1 Å². The SMILES string of the molecule is COc1c(CN[C@H]2CCCN(c3ncccn3)C2)c(C(C)C)nn1C. The minimum absolute atomic E-state index is 0.368. The standard InChI is InChI=1S/C18H28N6O/c1-13(2)16-15(17(25-4)23(3)22-16)11-21-14-7-5-10-24(12-14)18-19-8-6-9-20-18/h6,8-9,13-14,21H,5,7,10-12H2,1-4H3/t14-/m0/s1. The Morgan fingerprint density at radius 1 is 1.32 bits per heavy atom. The van der Waals surface area contributed by atoms with Gasteiger partial charge in [0, 0.05) is 45.1 Å². The van der Waals surface area contributed by atoms with E-state index in [0.717, 1.165) is 55.6 Å². The third-order valence-corrected chi connectivity index (χ3v) is 4.68. The van der Waals surface area contributed by atoms with Crippen LogP contribution in [0.2, 0.25) is 0 Å². The van der Waals surface area contributed by atoms with Gasteiger partial charge in [-0.1, -0.05) is 13.8 Å². The molecule has 2 aromatic rings. The van der Waals surface area contributed by atoms with Crippen LogP contribution in [0.25, 0.3) is 0 Å². The molecule has 25 heavy (non-hydrogen) atoms. The average Bonchev–Trinajstić information content (AvgIpc) is 2.96. The number of piperidine rings is 1. The fraction of sp³-hybridized carbons (Fsp3) is 0.611. The number of nitrogens with one attached hydrogen (secondary N) is 1. The molecule has 0 spiro atoms. The van der Waals surface area contributed by atoms with Crippen LogP contribution in [0.15, 0.2) is 18.5 Å². The number of hydrogen-bond donors (Lipinski definition) is 1. The highest BCUT2D eigenvalue weighted by Crippen LogP contribution is 2.27. The van der Waals surface area contributed by atoms with Crippen molar-refractivity contribution in [1.29, 1.82) is 0 Å². The summed E-state index contributed by atoms with van der Waals surface area (Å²) in [6.07, 6.45) is 5.89. The Hall–Kier alpha value is -2.15. The Balaban J connectivity index is 1.67. The van der Waals surface area contributed by atoms with Crippen molar-refractivity contribution in [2.45, 2.75) is 45.2 Å². The Labute approximate surface area is 149 Å². The Morgan fingerprint density at radius 3 is 2.76 bits per heavy atom. The first-order chi connectivity index (χ1) is 12.1. The molecule has 1 N–H and O–H groups in total. The van der Waals surface area contributed by atoms with E-state index in [-0.39, 0.29) is 0 Å². The number of aryl methyl sites for hydroxylation is 1. The maximum atomic E-state index is 5.57. The zero-order valence-electron chi connectivity index (χ0n) is 15.6. The fourth-order valence-corrected chi connectivity index (χ4v) is 3.48. The van der Waals surface area contributed by atoms with Gasteiger partial charge in [-0.2, -0.15) is 5.10 Å². The second-order valence-electron chi connectivity index (χ2n) is 6.87.